The fourth-order valence-electron chi connectivity index (χ4n) is 3.98. The number of benzene rings is 1. The van der Waals surface area contributed by atoms with Crippen LogP contribution in [0.5, 0.6) is 0 Å². The highest BCUT2D eigenvalue weighted by molar-refractivity contribution is 9.10. The fraction of sp³-hybridized carbons (Fsp3) is 0.304. The molecule has 2 heterocycles. The summed E-state index contributed by atoms with van der Waals surface area (Å²) < 4.78 is 18.1. The van der Waals surface area contributed by atoms with Gasteiger partial charge in [0.05, 0.1) is 11.5 Å². The van der Waals surface area contributed by atoms with E-state index in [1.165, 1.54) is 0 Å². The minimum absolute atomic E-state index is 0.305. The zero-order valence-corrected chi connectivity index (χ0v) is 17.6. The Balaban J connectivity index is 1.67. The van der Waals surface area contributed by atoms with Crippen molar-refractivity contribution < 1.29 is 23.8 Å². The van der Waals surface area contributed by atoms with E-state index in [2.05, 4.69) is 29.1 Å². The van der Waals surface area contributed by atoms with Crippen molar-refractivity contribution in [1.82, 2.24) is 0 Å². The quantitative estimate of drug-likeness (QED) is 0.478. The van der Waals surface area contributed by atoms with E-state index in [0.29, 0.717) is 35.3 Å². The minimum atomic E-state index is -0.587. The Morgan fingerprint density at radius 1 is 1.14 bits per heavy atom. The highest BCUT2D eigenvalue weighted by Crippen LogP contribution is 2.42. The van der Waals surface area contributed by atoms with Gasteiger partial charge in [-0.05, 0) is 48.9 Å². The average molecular weight is 457 g/mol. The Kier molecular flexibility index (Phi) is 5.21. The van der Waals surface area contributed by atoms with Crippen LogP contribution in [-0.2, 0) is 19.0 Å². The lowest BCUT2D eigenvalue weighted by molar-refractivity contribution is -0.139. The molecule has 1 fully saturated rings. The first kappa shape index (κ1) is 19.7. The van der Waals surface area contributed by atoms with Crippen LogP contribution in [0, 0.1) is 5.92 Å². The molecular weight excluding hydrogens is 436 g/mol. The van der Waals surface area contributed by atoms with Crippen LogP contribution in [0.3, 0.4) is 0 Å². The van der Waals surface area contributed by atoms with E-state index >= 15 is 0 Å². The van der Waals surface area contributed by atoms with Gasteiger partial charge < -0.3 is 14.2 Å². The summed E-state index contributed by atoms with van der Waals surface area (Å²) in [5.41, 5.74) is 2.68. The van der Waals surface area contributed by atoms with Crippen molar-refractivity contribution in [1.29, 1.82) is 0 Å². The van der Waals surface area contributed by atoms with Crippen molar-refractivity contribution in [2.24, 2.45) is 5.92 Å². The Morgan fingerprint density at radius 3 is 2.59 bits per heavy atom. The SMILES string of the molecule is C=C1OC2CC3=C[C@@H](C/C(C)=C/[C@@H](OC(=O)c4ccc(Br)cc4)[C@@H]2C1=C)OC3=O. The first-order chi connectivity index (χ1) is 13.8. The number of fused-ring (bicyclic) bond motifs is 2. The molecule has 0 saturated carbocycles. The number of hydrogen-bond donors (Lipinski definition) is 0. The molecule has 2 bridgehead atoms. The summed E-state index contributed by atoms with van der Waals surface area (Å²) in [6.45, 7) is 9.97. The topological polar surface area (TPSA) is 61.8 Å². The second-order valence-electron chi connectivity index (χ2n) is 7.56. The zero-order valence-electron chi connectivity index (χ0n) is 16.0. The Labute approximate surface area is 177 Å². The molecule has 2 aliphatic heterocycles. The van der Waals surface area contributed by atoms with Crippen molar-refractivity contribution in [3.05, 3.63) is 82.1 Å². The number of hydrogen-bond acceptors (Lipinski definition) is 5. The lowest BCUT2D eigenvalue weighted by Crippen LogP contribution is -2.33. The van der Waals surface area contributed by atoms with Gasteiger partial charge in [0.1, 0.15) is 24.1 Å². The number of allylic oxidation sites excluding steroid dienone is 1. The van der Waals surface area contributed by atoms with Crippen LogP contribution >= 0.6 is 15.9 Å². The summed E-state index contributed by atoms with van der Waals surface area (Å²) in [6, 6.07) is 7.00. The van der Waals surface area contributed by atoms with Crippen LogP contribution in [0.1, 0.15) is 30.1 Å². The highest BCUT2D eigenvalue weighted by atomic mass is 79.9. The summed E-state index contributed by atoms with van der Waals surface area (Å²) in [5, 5.41) is 0. The number of ether oxygens (including phenoxy) is 3. The van der Waals surface area contributed by atoms with E-state index in [9.17, 15) is 9.59 Å². The molecular formula is C23H21BrO5. The molecule has 1 aromatic rings. The maximum atomic E-state index is 12.8. The maximum absolute atomic E-state index is 12.8. The standard InChI is InChI=1S/C23H21BrO5/c1-12-8-18-10-16(23(26)28-18)11-20-21(13(2)14(3)27-20)19(9-12)29-22(25)15-4-6-17(24)7-5-15/h4-7,9-10,18-21H,2-3,8,11H2,1H3/b12-9+/t18-,19-,20?,21+/m1/s1. The molecule has 5 nitrogen and oxygen atoms in total. The Morgan fingerprint density at radius 2 is 1.86 bits per heavy atom. The van der Waals surface area contributed by atoms with Gasteiger partial charge in [-0.15, -0.1) is 0 Å². The predicted molar refractivity (Wildman–Crippen MR) is 111 cm³/mol. The molecule has 0 spiro atoms. The smallest absolute Gasteiger partial charge is 0.338 e. The van der Waals surface area contributed by atoms with Crippen LogP contribution in [0.15, 0.2) is 76.5 Å². The number of halogens is 1. The summed E-state index contributed by atoms with van der Waals surface area (Å²) in [5.74, 6) is -0.623. The van der Waals surface area contributed by atoms with E-state index in [0.717, 1.165) is 10.0 Å². The summed E-state index contributed by atoms with van der Waals surface area (Å²) >= 11 is 3.37. The summed E-state index contributed by atoms with van der Waals surface area (Å²) in [4.78, 5) is 25.0. The van der Waals surface area contributed by atoms with Crippen LogP contribution in [0.25, 0.3) is 0 Å². The molecule has 0 radical (unpaired) electrons. The van der Waals surface area contributed by atoms with Crippen LogP contribution in [0.4, 0.5) is 0 Å². The van der Waals surface area contributed by atoms with Gasteiger partial charge in [-0.25, -0.2) is 9.59 Å². The van der Waals surface area contributed by atoms with Crippen molar-refractivity contribution in [3.63, 3.8) is 0 Å². The van der Waals surface area contributed by atoms with Gasteiger partial charge in [0.2, 0.25) is 0 Å². The van der Waals surface area contributed by atoms with Gasteiger partial charge in [0.15, 0.2) is 0 Å². The molecule has 6 heteroatoms. The lowest BCUT2D eigenvalue weighted by Gasteiger charge is -2.26. The summed E-state index contributed by atoms with van der Waals surface area (Å²) in [6.07, 6.45) is 3.38. The number of carbonyl (C=O) groups is 2. The Bertz CT molecular complexity index is 956. The second kappa shape index (κ2) is 7.67. The fourth-order valence-corrected chi connectivity index (χ4v) is 4.25. The molecule has 1 aromatic carbocycles. The van der Waals surface area contributed by atoms with E-state index in [4.69, 9.17) is 14.2 Å². The van der Waals surface area contributed by atoms with Crippen molar-refractivity contribution in [3.8, 4) is 0 Å². The molecule has 0 amide bonds. The molecule has 4 rings (SSSR count). The monoisotopic (exact) mass is 456 g/mol. The summed E-state index contributed by atoms with van der Waals surface area (Å²) in [7, 11) is 0. The largest absolute Gasteiger partial charge is 0.490 e. The van der Waals surface area contributed by atoms with Gasteiger partial charge in [-0.2, -0.15) is 0 Å². The van der Waals surface area contributed by atoms with Gasteiger partial charge in [0, 0.05) is 22.9 Å². The van der Waals surface area contributed by atoms with Gasteiger partial charge in [-0.1, -0.05) is 34.7 Å². The van der Waals surface area contributed by atoms with E-state index in [1.807, 2.05) is 19.1 Å². The van der Waals surface area contributed by atoms with Crippen LogP contribution in [-0.4, -0.2) is 30.3 Å². The number of esters is 2. The maximum Gasteiger partial charge on any atom is 0.338 e. The molecule has 1 unspecified atom stereocenters. The van der Waals surface area contributed by atoms with Crippen LogP contribution in [0.2, 0.25) is 0 Å². The van der Waals surface area contributed by atoms with Crippen molar-refractivity contribution >= 4 is 27.9 Å². The third-order valence-electron chi connectivity index (χ3n) is 5.43. The third kappa shape index (κ3) is 3.94. The average Bonchev–Trinajstić information content (AvgIpc) is 3.13. The van der Waals surface area contributed by atoms with Crippen molar-refractivity contribution in [2.75, 3.05) is 0 Å². The molecule has 0 aromatic heterocycles. The third-order valence-corrected chi connectivity index (χ3v) is 5.96. The molecule has 1 aliphatic carbocycles. The zero-order chi connectivity index (χ0) is 20.7. The first-order valence-electron chi connectivity index (χ1n) is 9.42. The molecule has 29 heavy (non-hydrogen) atoms. The van der Waals surface area contributed by atoms with Gasteiger partial charge in [-0.3, -0.25) is 0 Å². The van der Waals surface area contributed by atoms with Crippen LogP contribution < -0.4 is 0 Å². The van der Waals surface area contributed by atoms with E-state index in [1.54, 1.807) is 24.3 Å². The normalized spacial score (nSPS) is 30.5. The highest BCUT2D eigenvalue weighted by Gasteiger charge is 2.44. The van der Waals surface area contributed by atoms with Gasteiger partial charge >= 0.3 is 11.9 Å². The van der Waals surface area contributed by atoms with Gasteiger partial charge in [0.25, 0.3) is 0 Å². The first-order valence-corrected chi connectivity index (χ1v) is 10.2. The second-order valence-corrected chi connectivity index (χ2v) is 8.48. The lowest BCUT2D eigenvalue weighted by atomic mass is 9.85. The molecule has 4 atom stereocenters. The Hall–Kier alpha value is -2.60. The number of carbonyl (C=O) groups excluding carboxylic acids is 2. The number of rotatable bonds is 2. The predicted octanol–water partition coefficient (Wildman–Crippen LogP) is 4.65. The molecule has 1 saturated heterocycles. The van der Waals surface area contributed by atoms with E-state index in [-0.39, 0.29) is 18.0 Å². The minimum Gasteiger partial charge on any atom is -0.490 e. The van der Waals surface area contributed by atoms with Crippen molar-refractivity contribution in [2.45, 2.75) is 38.1 Å². The van der Waals surface area contributed by atoms with E-state index < -0.39 is 18.2 Å². The molecule has 150 valence electrons. The molecule has 0 N–H and O–H groups in total. The molecule has 3 aliphatic rings.